The molecule has 6 nitrogen and oxygen atoms in total. The van der Waals surface area contributed by atoms with Crippen molar-refractivity contribution in [2.75, 3.05) is 0 Å². The summed E-state index contributed by atoms with van der Waals surface area (Å²) in [6.07, 6.45) is 1.85. The van der Waals surface area contributed by atoms with Gasteiger partial charge in [0.15, 0.2) is 11.3 Å². The smallest absolute Gasteiger partial charge is 0.263 e. The second-order valence-electron chi connectivity index (χ2n) is 5.38. The number of nitrogens with two attached hydrogens (primary N) is 1. The Morgan fingerprint density at radius 3 is 2.96 bits per heavy atom. The highest BCUT2D eigenvalue weighted by Gasteiger charge is 2.15. The maximum absolute atomic E-state index is 11.4. The molecule has 0 spiro atoms. The molecule has 0 aliphatic carbocycles. The van der Waals surface area contributed by atoms with Crippen molar-refractivity contribution < 1.29 is 13.6 Å². The van der Waals surface area contributed by atoms with Gasteiger partial charge in [-0.1, -0.05) is 19.6 Å². The van der Waals surface area contributed by atoms with Crippen molar-refractivity contribution in [2.24, 2.45) is 11.8 Å². The van der Waals surface area contributed by atoms with Crippen LogP contribution in [0.3, 0.4) is 0 Å². The third-order valence-corrected chi connectivity index (χ3v) is 3.74. The number of oxazole rings is 1. The zero-order chi connectivity index (χ0) is 16.4. The number of fused-ring (bicyclic) bond motifs is 1. The molecule has 0 bridgehead atoms. The number of hydrogen-bond acceptors (Lipinski definition) is 5. The molecule has 23 heavy (non-hydrogen) atoms. The van der Waals surface area contributed by atoms with Crippen LogP contribution >= 0.6 is 0 Å². The molecule has 3 rings (SSSR count). The van der Waals surface area contributed by atoms with E-state index in [0.29, 0.717) is 17.2 Å². The Hall–Kier alpha value is -2.86. The topological polar surface area (TPSA) is 94.3 Å². The van der Waals surface area contributed by atoms with Gasteiger partial charge in [0.05, 0.1) is 6.26 Å². The molecule has 0 fully saturated rings. The molecule has 3 N–H and O–H groups in total. The first-order valence-corrected chi connectivity index (χ1v) is 7.21. The van der Waals surface area contributed by atoms with Crippen LogP contribution < -0.4 is 11.3 Å². The van der Waals surface area contributed by atoms with Crippen LogP contribution in [0.15, 0.2) is 52.0 Å². The first-order valence-electron chi connectivity index (χ1n) is 7.21. The standard InChI is InChI=1S/C17H17N3O3/c1-10(8-16(21)20-18)11(2)12-5-6-13-15(9-12)23-17(19-13)14-4-3-7-22-14/h3-7,9-10H,2,8,18H2,1H3,(H,20,21). The van der Waals surface area contributed by atoms with E-state index < -0.39 is 0 Å². The fourth-order valence-corrected chi connectivity index (χ4v) is 2.37. The lowest BCUT2D eigenvalue weighted by Crippen LogP contribution is -2.31. The minimum absolute atomic E-state index is 0.0385. The molecule has 1 unspecified atom stereocenters. The number of amides is 1. The predicted octanol–water partition coefficient (Wildman–Crippen LogP) is 3.12. The van der Waals surface area contributed by atoms with Crippen LogP contribution in [0.4, 0.5) is 0 Å². The van der Waals surface area contributed by atoms with Crippen molar-refractivity contribution in [2.45, 2.75) is 13.3 Å². The first kappa shape index (κ1) is 15.1. The molecule has 0 aliphatic heterocycles. The minimum Gasteiger partial charge on any atom is -0.459 e. The highest BCUT2D eigenvalue weighted by atomic mass is 16.4. The Balaban J connectivity index is 1.88. The normalized spacial score (nSPS) is 12.3. The van der Waals surface area contributed by atoms with Crippen LogP contribution in [-0.4, -0.2) is 10.9 Å². The van der Waals surface area contributed by atoms with Crippen LogP contribution in [0.5, 0.6) is 0 Å². The number of allylic oxidation sites excluding steroid dienone is 1. The van der Waals surface area contributed by atoms with E-state index in [0.717, 1.165) is 16.7 Å². The van der Waals surface area contributed by atoms with Gasteiger partial charge >= 0.3 is 0 Å². The molecule has 2 aromatic heterocycles. The zero-order valence-electron chi connectivity index (χ0n) is 12.7. The Bertz CT molecular complexity index is 849. The molecule has 0 aliphatic rings. The summed E-state index contributed by atoms with van der Waals surface area (Å²) in [5.41, 5.74) is 5.25. The SMILES string of the molecule is C=C(c1ccc2nc(-c3ccco3)oc2c1)C(C)CC(=O)NN. The second-order valence-corrected chi connectivity index (χ2v) is 5.38. The molecule has 2 heterocycles. The number of rotatable bonds is 5. The highest BCUT2D eigenvalue weighted by Crippen LogP contribution is 2.29. The van der Waals surface area contributed by atoms with Gasteiger partial charge in [-0.2, -0.15) is 0 Å². The van der Waals surface area contributed by atoms with Gasteiger partial charge in [-0.25, -0.2) is 10.8 Å². The summed E-state index contributed by atoms with van der Waals surface area (Å²) < 4.78 is 11.0. The number of nitrogens with one attached hydrogen (secondary N) is 1. The maximum Gasteiger partial charge on any atom is 0.263 e. The van der Waals surface area contributed by atoms with Crippen LogP contribution in [0.25, 0.3) is 28.3 Å². The summed E-state index contributed by atoms with van der Waals surface area (Å²) in [4.78, 5) is 15.8. The third kappa shape index (κ3) is 3.02. The molecule has 3 aromatic rings. The van der Waals surface area contributed by atoms with E-state index in [-0.39, 0.29) is 18.2 Å². The Morgan fingerprint density at radius 2 is 2.26 bits per heavy atom. The molecular weight excluding hydrogens is 294 g/mol. The Morgan fingerprint density at radius 1 is 1.43 bits per heavy atom. The highest BCUT2D eigenvalue weighted by molar-refractivity contribution is 5.83. The summed E-state index contributed by atoms with van der Waals surface area (Å²) in [7, 11) is 0. The van der Waals surface area contributed by atoms with Crippen molar-refractivity contribution in [1.82, 2.24) is 10.4 Å². The monoisotopic (exact) mass is 311 g/mol. The number of aromatic nitrogens is 1. The lowest BCUT2D eigenvalue weighted by molar-refractivity contribution is -0.121. The van der Waals surface area contributed by atoms with Gasteiger partial charge < -0.3 is 8.83 Å². The van der Waals surface area contributed by atoms with E-state index >= 15 is 0 Å². The second kappa shape index (κ2) is 6.10. The number of nitrogens with zero attached hydrogens (tertiary/aromatic N) is 1. The molecular formula is C17H17N3O3. The van der Waals surface area contributed by atoms with Gasteiger partial charge in [-0.15, -0.1) is 0 Å². The summed E-state index contributed by atoms with van der Waals surface area (Å²) in [6.45, 7) is 6.00. The fourth-order valence-electron chi connectivity index (χ4n) is 2.37. The van der Waals surface area contributed by atoms with E-state index in [1.165, 1.54) is 0 Å². The lowest BCUT2D eigenvalue weighted by Gasteiger charge is -2.13. The lowest BCUT2D eigenvalue weighted by atomic mass is 9.92. The molecule has 1 aromatic carbocycles. The van der Waals surface area contributed by atoms with Crippen molar-refractivity contribution in [3.8, 4) is 11.7 Å². The number of furan rings is 1. The summed E-state index contributed by atoms with van der Waals surface area (Å²) in [5, 5.41) is 0. The van der Waals surface area contributed by atoms with Crippen LogP contribution in [0.2, 0.25) is 0 Å². The molecule has 0 saturated heterocycles. The Kier molecular flexibility index (Phi) is 3.99. The molecule has 118 valence electrons. The van der Waals surface area contributed by atoms with E-state index in [9.17, 15) is 4.79 Å². The van der Waals surface area contributed by atoms with Crippen molar-refractivity contribution in [3.05, 3.63) is 48.7 Å². The van der Waals surface area contributed by atoms with Crippen molar-refractivity contribution >= 4 is 22.6 Å². The molecule has 1 amide bonds. The molecule has 1 atom stereocenters. The van der Waals surface area contributed by atoms with Gasteiger partial charge in [0.2, 0.25) is 5.91 Å². The van der Waals surface area contributed by atoms with Gasteiger partial charge in [-0.05, 0) is 41.3 Å². The van der Waals surface area contributed by atoms with E-state index in [2.05, 4.69) is 17.0 Å². The van der Waals surface area contributed by atoms with Crippen molar-refractivity contribution in [1.29, 1.82) is 0 Å². The molecule has 0 radical (unpaired) electrons. The number of hydrogen-bond donors (Lipinski definition) is 2. The average Bonchev–Trinajstić information content (AvgIpc) is 3.21. The van der Waals surface area contributed by atoms with E-state index in [4.69, 9.17) is 14.7 Å². The quantitative estimate of drug-likeness (QED) is 0.429. The number of benzene rings is 1. The largest absolute Gasteiger partial charge is 0.459 e. The predicted molar refractivity (Wildman–Crippen MR) is 86.9 cm³/mol. The van der Waals surface area contributed by atoms with Gasteiger partial charge in [0, 0.05) is 6.42 Å². The number of carbonyl (C=O) groups excluding carboxylic acids is 1. The number of carbonyl (C=O) groups is 1. The van der Waals surface area contributed by atoms with Gasteiger partial charge in [0.1, 0.15) is 5.52 Å². The van der Waals surface area contributed by atoms with Crippen molar-refractivity contribution in [3.63, 3.8) is 0 Å². The van der Waals surface area contributed by atoms with Gasteiger partial charge in [0.25, 0.3) is 5.89 Å². The van der Waals surface area contributed by atoms with Crippen LogP contribution in [0, 0.1) is 5.92 Å². The maximum atomic E-state index is 11.4. The average molecular weight is 311 g/mol. The minimum atomic E-state index is -0.223. The third-order valence-electron chi connectivity index (χ3n) is 3.74. The summed E-state index contributed by atoms with van der Waals surface area (Å²) in [6, 6.07) is 9.21. The van der Waals surface area contributed by atoms with Crippen LogP contribution in [0.1, 0.15) is 18.9 Å². The number of hydrazine groups is 1. The van der Waals surface area contributed by atoms with E-state index in [1.807, 2.05) is 25.1 Å². The Labute approximate surface area is 132 Å². The summed E-state index contributed by atoms with van der Waals surface area (Å²) in [5.74, 6) is 5.87. The molecule has 6 heteroatoms. The fraction of sp³-hybridized carbons (Fsp3) is 0.176. The zero-order valence-corrected chi connectivity index (χ0v) is 12.7. The molecule has 0 saturated carbocycles. The van der Waals surface area contributed by atoms with E-state index in [1.54, 1.807) is 18.4 Å². The van der Waals surface area contributed by atoms with Gasteiger partial charge in [-0.3, -0.25) is 10.2 Å². The first-order chi connectivity index (χ1) is 11.1. The van der Waals surface area contributed by atoms with Crippen LogP contribution in [-0.2, 0) is 4.79 Å². The summed E-state index contributed by atoms with van der Waals surface area (Å²) >= 11 is 0.